The molecule has 2 fully saturated rings. The van der Waals surface area contributed by atoms with Crippen LogP contribution in [0.25, 0.3) is 0 Å². The maximum Gasteiger partial charge on any atom is 0.0987 e. The van der Waals surface area contributed by atoms with Crippen LogP contribution in [0.4, 0.5) is 0 Å². The molecule has 16 heavy (non-hydrogen) atoms. The van der Waals surface area contributed by atoms with Crippen LogP contribution in [-0.2, 0) is 15.5 Å². The standard InChI is InChI=1S/C13H22O2S/c1-11(13-7-4-8-16(14)10-13)15-9-12-5-2-3-6-12/h9,11,13H,2-8,10H2,1H3. The van der Waals surface area contributed by atoms with Crippen LogP contribution in [0.2, 0.25) is 0 Å². The van der Waals surface area contributed by atoms with Crippen LogP contribution in [-0.4, -0.2) is 21.8 Å². The van der Waals surface area contributed by atoms with Crippen LogP contribution < -0.4 is 0 Å². The minimum absolute atomic E-state index is 0.234. The number of hydrogen-bond acceptors (Lipinski definition) is 2. The van der Waals surface area contributed by atoms with Crippen LogP contribution in [0.1, 0.15) is 45.4 Å². The van der Waals surface area contributed by atoms with Gasteiger partial charge in [0.15, 0.2) is 0 Å². The highest BCUT2D eigenvalue weighted by Gasteiger charge is 2.24. The van der Waals surface area contributed by atoms with Gasteiger partial charge in [-0.1, -0.05) is 0 Å². The molecule has 0 bridgehead atoms. The van der Waals surface area contributed by atoms with Gasteiger partial charge in [-0.2, -0.15) is 0 Å². The Labute approximate surface area is 101 Å². The van der Waals surface area contributed by atoms with Crippen LogP contribution in [0.15, 0.2) is 11.8 Å². The molecular weight excluding hydrogens is 220 g/mol. The second-order valence-electron chi connectivity index (χ2n) is 5.04. The summed E-state index contributed by atoms with van der Waals surface area (Å²) in [7, 11) is -0.597. The Hall–Kier alpha value is -0.310. The Bertz CT molecular complexity index is 278. The fraction of sp³-hybridized carbons (Fsp3) is 0.846. The highest BCUT2D eigenvalue weighted by atomic mass is 32.2. The first-order chi connectivity index (χ1) is 7.75. The minimum atomic E-state index is -0.597. The molecule has 1 aliphatic heterocycles. The van der Waals surface area contributed by atoms with Crippen LogP contribution in [0.5, 0.6) is 0 Å². The van der Waals surface area contributed by atoms with E-state index in [1.54, 1.807) is 0 Å². The van der Waals surface area contributed by atoms with Crippen molar-refractivity contribution in [1.29, 1.82) is 0 Å². The fourth-order valence-corrected chi connectivity index (χ4v) is 4.11. The average Bonchev–Trinajstić information content (AvgIpc) is 2.78. The lowest BCUT2D eigenvalue weighted by Gasteiger charge is -2.26. The third-order valence-corrected chi connectivity index (χ3v) is 5.25. The Morgan fingerprint density at radius 3 is 2.81 bits per heavy atom. The molecule has 1 aliphatic carbocycles. The molecule has 0 N–H and O–H groups in total. The maximum atomic E-state index is 11.5. The number of ether oxygens (including phenoxy) is 1. The Kier molecular flexibility index (Phi) is 4.45. The van der Waals surface area contributed by atoms with E-state index in [0.717, 1.165) is 17.9 Å². The van der Waals surface area contributed by atoms with Crippen molar-refractivity contribution in [1.82, 2.24) is 0 Å². The second-order valence-corrected chi connectivity index (χ2v) is 6.66. The predicted molar refractivity (Wildman–Crippen MR) is 67.7 cm³/mol. The molecule has 3 unspecified atom stereocenters. The number of allylic oxidation sites excluding steroid dienone is 1. The van der Waals surface area contributed by atoms with E-state index in [1.807, 2.05) is 6.26 Å². The molecule has 1 heterocycles. The molecule has 3 heteroatoms. The third-order valence-electron chi connectivity index (χ3n) is 3.71. The van der Waals surface area contributed by atoms with Gasteiger partial charge in [-0.05, 0) is 51.0 Å². The van der Waals surface area contributed by atoms with E-state index in [-0.39, 0.29) is 6.10 Å². The van der Waals surface area contributed by atoms with Crippen LogP contribution >= 0.6 is 0 Å². The van der Waals surface area contributed by atoms with Gasteiger partial charge in [0.25, 0.3) is 0 Å². The first-order valence-corrected chi connectivity index (χ1v) is 7.93. The molecule has 0 spiro atoms. The Morgan fingerprint density at radius 2 is 2.12 bits per heavy atom. The van der Waals surface area contributed by atoms with Crippen molar-refractivity contribution in [2.24, 2.45) is 5.92 Å². The summed E-state index contributed by atoms with van der Waals surface area (Å²) in [5.74, 6) is 2.22. The molecule has 2 nitrogen and oxygen atoms in total. The first kappa shape index (κ1) is 12.2. The van der Waals surface area contributed by atoms with E-state index >= 15 is 0 Å². The van der Waals surface area contributed by atoms with Gasteiger partial charge in [-0.3, -0.25) is 4.21 Å². The molecule has 0 amide bonds. The molecule has 0 radical (unpaired) electrons. The average molecular weight is 242 g/mol. The lowest BCUT2D eigenvalue weighted by atomic mass is 10.00. The van der Waals surface area contributed by atoms with Gasteiger partial charge in [-0.25, -0.2) is 0 Å². The van der Waals surface area contributed by atoms with Crippen LogP contribution in [0, 0.1) is 5.92 Å². The molecule has 0 aromatic rings. The maximum absolute atomic E-state index is 11.5. The molecular formula is C13H22O2S. The van der Waals surface area contributed by atoms with Crippen molar-refractivity contribution in [3.8, 4) is 0 Å². The zero-order valence-corrected chi connectivity index (χ0v) is 10.9. The SMILES string of the molecule is CC(OC=C1CCCC1)C1CCCS(=O)C1. The van der Waals surface area contributed by atoms with Gasteiger partial charge >= 0.3 is 0 Å². The van der Waals surface area contributed by atoms with Crippen LogP contribution in [0.3, 0.4) is 0 Å². The monoisotopic (exact) mass is 242 g/mol. The van der Waals surface area contributed by atoms with Crippen molar-refractivity contribution >= 4 is 10.8 Å². The summed E-state index contributed by atoms with van der Waals surface area (Å²) < 4.78 is 17.3. The zero-order valence-electron chi connectivity index (χ0n) is 10.1. The smallest absolute Gasteiger partial charge is 0.0987 e. The van der Waals surface area contributed by atoms with Gasteiger partial charge in [0.2, 0.25) is 0 Å². The summed E-state index contributed by atoms with van der Waals surface area (Å²) in [5, 5.41) is 0. The summed E-state index contributed by atoms with van der Waals surface area (Å²) >= 11 is 0. The molecule has 0 aromatic heterocycles. The summed E-state index contributed by atoms with van der Waals surface area (Å²) in [5.41, 5.74) is 1.46. The van der Waals surface area contributed by atoms with Crippen molar-refractivity contribution < 1.29 is 8.95 Å². The van der Waals surface area contributed by atoms with Crippen molar-refractivity contribution in [3.63, 3.8) is 0 Å². The lowest BCUT2D eigenvalue weighted by Crippen LogP contribution is -2.29. The minimum Gasteiger partial charge on any atom is -0.498 e. The van der Waals surface area contributed by atoms with E-state index in [9.17, 15) is 4.21 Å². The van der Waals surface area contributed by atoms with E-state index in [0.29, 0.717) is 5.92 Å². The second kappa shape index (κ2) is 5.85. The lowest BCUT2D eigenvalue weighted by molar-refractivity contribution is 0.104. The van der Waals surface area contributed by atoms with Gasteiger partial charge in [0.05, 0.1) is 12.4 Å². The topological polar surface area (TPSA) is 26.3 Å². The highest BCUT2D eigenvalue weighted by molar-refractivity contribution is 7.85. The van der Waals surface area contributed by atoms with Gasteiger partial charge < -0.3 is 4.74 Å². The normalized spacial score (nSPS) is 32.4. The molecule has 92 valence electrons. The third kappa shape index (κ3) is 3.34. The zero-order chi connectivity index (χ0) is 11.4. The van der Waals surface area contributed by atoms with E-state index in [1.165, 1.54) is 37.7 Å². The molecule has 0 aromatic carbocycles. The summed E-state index contributed by atoms with van der Waals surface area (Å²) in [4.78, 5) is 0. The van der Waals surface area contributed by atoms with Crippen molar-refractivity contribution in [2.45, 2.75) is 51.6 Å². The van der Waals surface area contributed by atoms with Gasteiger partial charge in [-0.15, -0.1) is 0 Å². The predicted octanol–water partition coefficient (Wildman–Crippen LogP) is 3.01. The summed E-state index contributed by atoms with van der Waals surface area (Å²) in [6.45, 7) is 2.12. The quantitative estimate of drug-likeness (QED) is 0.711. The number of hydrogen-bond donors (Lipinski definition) is 0. The molecule has 1 saturated carbocycles. The summed E-state index contributed by atoms with van der Waals surface area (Å²) in [6, 6.07) is 0. The van der Waals surface area contributed by atoms with E-state index < -0.39 is 10.8 Å². The highest BCUT2D eigenvalue weighted by Crippen LogP contribution is 2.26. The van der Waals surface area contributed by atoms with E-state index in [4.69, 9.17) is 4.74 Å². The first-order valence-electron chi connectivity index (χ1n) is 6.44. The van der Waals surface area contributed by atoms with Crippen molar-refractivity contribution in [2.75, 3.05) is 11.5 Å². The Balaban J connectivity index is 1.80. The Morgan fingerprint density at radius 1 is 1.38 bits per heavy atom. The molecule has 3 atom stereocenters. The molecule has 2 rings (SSSR count). The molecule has 1 saturated heterocycles. The van der Waals surface area contributed by atoms with Crippen molar-refractivity contribution in [3.05, 3.63) is 11.8 Å². The fourth-order valence-electron chi connectivity index (χ4n) is 2.54. The molecule has 2 aliphatic rings. The number of rotatable bonds is 3. The van der Waals surface area contributed by atoms with Gasteiger partial charge in [0.1, 0.15) is 0 Å². The largest absolute Gasteiger partial charge is 0.498 e. The van der Waals surface area contributed by atoms with Gasteiger partial charge in [0, 0.05) is 28.2 Å². The summed E-state index contributed by atoms with van der Waals surface area (Å²) in [6.07, 6.45) is 9.55. The van der Waals surface area contributed by atoms with E-state index in [2.05, 4.69) is 6.92 Å².